The summed E-state index contributed by atoms with van der Waals surface area (Å²) in [5, 5.41) is 21.0. The lowest BCUT2D eigenvalue weighted by molar-refractivity contribution is 0.508. The number of aromatic nitrogens is 6. The van der Waals surface area contributed by atoms with Gasteiger partial charge in [0.25, 0.3) is 0 Å². The summed E-state index contributed by atoms with van der Waals surface area (Å²) < 4.78 is 7.56. The molecular formula is C18H16N6OS. The largest absolute Gasteiger partial charge is 0.419 e. The number of rotatable bonds is 5. The fraction of sp³-hybridized carbons (Fsp3) is 0.167. The average molecular weight is 364 g/mol. The zero-order chi connectivity index (χ0) is 17.9. The summed E-state index contributed by atoms with van der Waals surface area (Å²) in [4.78, 5) is 0. The molecule has 130 valence electrons. The molecule has 1 atom stereocenters. The second-order valence-corrected chi connectivity index (χ2v) is 7.04. The van der Waals surface area contributed by atoms with Crippen molar-refractivity contribution in [2.24, 2.45) is 0 Å². The van der Waals surface area contributed by atoms with Crippen LogP contribution >= 0.6 is 11.8 Å². The quantitative estimate of drug-likeness (QED) is 0.497. The van der Waals surface area contributed by atoms with E-state index in [1.54, 1.807) is 4.68 Å². The first-order valence-corrected chi connectivity index (χ1v) is 9.00. The number of tetrazole rings is 1. The van der Waals surface area contributed by atoms with Crippen molar-refractivity contribution in [2.45, 2.75) is 24.3 Å². The molecule has 0 fully saturated rings. The van der Waals surface area contributed by atoms with Gasteiger partial charge in [-0.15, -0.1) is 15.3 Å². The third-order valence-electron chi connectivity index (χ3n) is 3.88. The van der Waals surface area contributed by atoms with E-state index in [2.05, 4.69) is 25.7 Å². The summed E-state index contributed by atoms with van der Waals surface area (Å²) in [5.74, 6) is 1.04. The molecule has 4 rings (SSSR count). The van der Waals surface area contributed by atoms with Gasteiger partial charge in [-0.2, -0.15) is 4.68 Å². The van der Waals surface area contributed by atoms with Gasteiger partial charge in [0.15, 0.2) is 0 Å². The molecule has 2 heterocycles. The van der Waals surface area contributed by atoms with E-state index >= 15 is 0 Å². The van der Waals surface area contributed by atoms with Gasteiger partial charge in [0.2, 0.25) is 16.9 Å². The van der Waals surface area contributed by atoms with E-state index < -0.39 is 0 Å². The number of hydrogen-bond acceptors (Lipinski definition) is 7. The van der Waals surface area contributed by atoms with Crippen LogP contribution in [-0.2, 0) is 0 Å². The summed E-state index contributed by atoms with van der Waals surface area (Å²) in [7, 11) is 0. The van der Waals surface area contributed by atoms with Crippen molar-refractivity contribution < 1.29 is 4.42 Å². The van der Waals surface area contributed by atoms with Crippen LogP contribution in [0.5, 0.6) is 0 Å². The van der Waals surface area contributed by atoms with E-state index in [1.165, 1.54) is 11.8 Å². The van der Waals surface area contributed by atoms with Crippen molar-refractivity contribution in [1.29, 1.82) is 0 Å². The van der Waals surface area contributed by atoms with E-state index in [0.717, 1.165) is 16.8 Å². The lowest BCUT2D eigenvalue weighted by Gasteiger charge is -2.09. The van der Waals surface area contributed by atoms with Crippen molar-refractivity contribution in [3.05, 3.63) is 66.1 Å². The van der Waals surface area contributed by atoms with Gasteiger partial charge in [0, 0.05) is 5.56 Å². The lowest BCUT2D eigenvalue weighted by Crippen LogP contribution is -2.02. The molecule has 0 saturated carbocycles. The van der Waals surface area contributed by atoms with Gasteiger partial charge in [0.05, 0.1) is 10.9 Å². The minimum Gasteiger partial charge on any atom is -0.419 e. The maximum atomic E-state index is 5.83. The van der Waals surface area contributed by atoms with Gasteiger partial charge >= 0.3 is 0 Å². The molecule has 26 heavy (non-hydrogen) atoms. The van der Waals surface area contributed by atoms with Crippen molar-refractivity contribution >= 4 is 11.8 Å². The predicted molar refractivity (Wildman–Crippen MR) is 97.9 cm³/mol. The maximum absolute atomic E-state index is 5.83. The zero-order valence-corrected chi connectivity index (χ0v) is 15.1. The minimum absolute atomic E-state index is 0.0891. The SMILES string of the molecule is Cc1ccccc1-n1nnnc1SC(C)c1nnc(-c2ccccc2)o1. The Labute approximate surface area is 154 Å². The van der Waals surface area contributed by atoms with Gasteiger partial charge in [-0.3, -0.25) is 0 Å². The van der Waals surface area contributed by atoms with Crippen LogP contribution in [0.3, 0.4) is 0 Å². The molecule has 4 aromatic rings. The Morgan fingerprint density at radius 1 is 0.962 bits per heavy atom. The fourth-order valence-corrected chi connectivity index (χ4v) is 3.34. The summed E-state index contributed by atoms with van der Waals surface area (Å²) in [6, 6.07) is 17.7. The Hall–Kier alpha value is -3.00. The standard InChI is InChI=1S/C18H16N6OS/c1-12-8-6-7-11-15(12)24-18(21-22-23-24)26-13(2)16-19-20-17(25-16)14-9-4-3-5-10-14/h3-11,13H,1-2H3. The highest BCUT2D eigenvalue weighted by Crippen LogP contribution is 2.34. The number of aryl methyl sites for hydroxylation is 1. The second-order valence-electron chi connectivity index (χ2n) is 5.73. The second kappa shape index (κ2) is 7.09. The summed E-state index contributed by atoms with van der Waals surface area (Å²) in [5.41, 5.74) is 2.94. The molecule has 0 N–H and O–H groups in total. The Morgan fingerprint density at radius 3 is 2.54 bits per heavy atom. The number of para-hydroxylation sites is 1. The highest BCUT2D eigenvalue weighted by molar-refractivity contribution is 7.99. The molecule has 0 spiro atoms. The third kappa shape index (κ3) is 3.23. The first kappa shape index (κ1) is 16.5. The Bertz CT molecular complexity index is 1010. The smallest absolute Gasteiger partial charge is 0.247 e. The predicted octanol–water partition coefficient (Wildman–Crippen LogP) is 3.87. The molecule has 1 unspecified atom stereocenters. The van der Waals surface area contributed by atoms with Crippen LogP contribution in [0.1, 0.15) is 23.6 Å². The molecule has 0 amide bonds. The molecule has 0 radical (unpaired) electrons. The van der Waals surface area contributed by atoms with Gasteiger partial charge in [-0.05, 0) is 48.0 Å². The maximum Gasteiger partial charge on any atom is 0.247 e. The van der Waals surface area contributed by atoms with Crippen LogP contribution in [0.25, 0.3) is 17.1 Å². The van der Waals surface area contributed by atoms with Crippen LogP contribution in [-0.4, -0.2) is 30.4 Å². The molecule has 2 aromatic carbocycles. The van der Waals surface area contributed by atoms with E-state index in [4.69, 9.17) is 4.42 Å². The zero-order valence-electron chi connectivity index (χ0n) is 14.3. The highest BCUT2D eigenvalue weighted by Gasteiger charge is 2.20. The van der Waals surface area contributed by atoms with Gasteiger partial charge in [-0.1, -0.05) is 48.2 Å². The van der Waals surface area contributed by atoms with E-state index in [1.807, 2.05) is 68.4 Å². The van der Waals surface area contributed by atoms with Crippen molar-refractivity contribution in [2.75, 3.05) is 0 Å². The summed E-state index contributed by atoms with van der Waals surface area (Å²) in [6.07, 6.45) is 0. The van der Waals surface area contributed by atoms with E-state index in [-0.39, 0.29) is 5.25 Å². The number of thioether (sulfide) groups is 1. The number of hydrogen-bond donors (Lipinski definition) is 0. The van der Waals surface area contributed by atoms with Gasteiger partial charge < -0.3 is 4.42 Å². The molecule has 0 aliphatic heterocycles. The van der Waals surface area contributed by atoms with Crippen LogP contribution in [0.15, 0.2) is 64.2 Å². The monoisotopic (exact) mass is 364 g/mol. The molecule has 8 heteroatoms. The molecule has 0 aliphatic carbocycles. The summed E-state index contributed by atoms with van der Waals surface area (Å²) >= 11 is 1.47. The Kier molecular flexibility index (Phi) is 4.49. The average Bonchev–Trinajstić information content (AvgIpc) is 3.33. The highest BCUT2D eigenvalue weighted by atomic mass is 32.2. The van der Waals surface area contributed by atoms with Crippen molar-refractivity contribution in [3.8, 4) is 17.1 Å². The minimum atomic E-state index is -0.0891. The molecular weight excluding hydrogens is 348 g/mol. The normalized spacial score (nSPS) is 12.2. The van der Waals surface area contributed by atoms with Crippen molar-refractivity contribution in [3.63, 3.8) is 0 Å². The van der Waals surface area contributed by atoms with Crippen molar-refractivity contribution in [1.82, 2.24) is 30.4 Å². The first-order valence-electron chi connectivity index (χ1n) is 8.12. The number of nitrogens with zero attached hydrogens (tertiary/aromatic N) is 6. The molecule has 2 aromatic heterocycles. The van der Waals surface area contributed by atoms with E-state index in [0.29, 0.717) is 16.9 Å². The molecule has 0 bridgehead atoms. The Balaban J connectivity index is 1.57. The van der Waals surface area contributed by atoms with E-state index in [9.17, 15) is 0 Å². The van der Waals surface area contributed by atoms with Crippen LogP contribution in [0.2, 0.25) is 0 Å². The molecule has 0 saturated heterocycles. The lowest BCUT2D eigenvalue weighted by atomic mass is 10.2. The fourth-order valence-electron chi connectivity index (χ4n) is 2.51. The van der Waals surface area contributed by atoms with Gasteiger partial charge in [0.1, 0.15) is 0 Å². The molecule has 0 aliphatic rings. The first-order chi connectivity index (χ1) is 12.7. The van der Waals surface area contributed by atoms with Gasteiger partial charge in [-0.25, -0.2) is 0 Å². The molecule has 7 nitrogen and oxygen atoms in total. The van der Waals surface area contributed by atoms with Crippen LogP contribution in [0.4, 0.5) is 0 Å². The third-order valence-corrected chi connectivity index (χ3v) is 4.90. The Morgan fingerprint density at radius 2 is 1.73 bits per heavy atom. The van der Waals surface area contributed by atoms with Crippen LogP contribution in [0, 0.1) is 6.92 Å². The van der Waals surface area contributed by atoms with Crippen LogP contribution < -0.4 is 0 Å². The summed E-state index contributed by atoms with van der Waals surface area (Å²) in [6.45, 7) is 4.02. The topological polar surface area (TPSA) is 82.5 Å². The number of benzene rings is 2.